The monoisotopic (exact) mass is 144 g/mol. The molecule has 0 atom stereocenters. The van der Waals surface area contributed by atoms with E-state index in [0.717, 1.165) is 0 Å². The molecular formula is C10H13B. The molecule has 0 bridgehead atoms. The van der Waals surface area contributed by atoms with Gasteiger partial charge in [0.25, 0.3) is 0 Å². The molecule has 11 heavy (non-hydrogen) atoms. The average Bonchev–Trinajstić information content (AvgIpc) is 1.85. The van der Waals surface area contributed by atoms with Crippen LogP contribution in [0.15, 0.2) is 12.1 Å². The molecule has 0 saturated carbocycles. The van der Waals surface area contributed by atoms with Crippen LogP contribution in [0.3, 0.4) is 0 Å². The maximum absolute atomic E-state index is 3.78. The predicted molar refractivity (Wildman–Crippen MR) is 53.0 cm³/mol. The Morgan fingerprint density at radius 2 is 1.55 bits per heavy atom. The first-order valence-corrected chi connectivity index (χ1v) is 3.85. The zero-order chi connectivity index (χ0) is 8.43. The van der Waals surface area contributed by atoms with Gasteiger partial charge in [0, 0.05) is 0 Å². The van der Waals surface area contributed by atoms with Crippen molar-refractivity contribution in [1.82, 2.24) is 0 Å². The van der Waals surface area contributed by atoms with Gasteiger partial charge < -0.3 is 0 Å². The van der Waals surface area contributed by atoms with Crippen molar-refractivity contribution in [3.8, 4) is 0 Å². The fourth-order valence-electron chi connectivity index (χ4n) is 1.51. The van der Waals surface area contributed by atoms with E-state index in [1.54, 1.807) is 0 Å². The van der Waals surface area contributed by atoms with Crippen LogP contribution in [-0.4, -0.2) is 13.5 Å². The van der Waals surface area contributed by atoms with Crippen LogP contribution in [-0.2, 0) is 0 Å². The van der Waals surface area contributed by atoms with Crippen LogP contribution in [0.1, 0.15) is 22.3 Å². The number of benzene rings is 1. The van der Waals surface area contributed by atoms with E-state index in [-0.39, 0.29) is 0 Å². The number of hydrogen-bond donors (Lipinski definition) is 0. The van der Waals surface area contributed by atoms with Crippen LogP contribution >= 0.6 is 0 Å². The summed E-state index contributed by atoms with van der Waals surface area (Å²) in [4.78, 5) is 0. The second-order valence-corrected chi connectivity index (χ2v) is 3.02. The summed E-state index contributed by atoms with van der Waals surface area (Å²) in [6.07, 6.45) is 0. The van der Waals surface area contributed by atoms with E-state index in [1.165, 1.54) is 22.3 Å². The van der Waals surface area contributed by atoms with Gasteiger partial charge in [-0.05, 0) is 0 Å². The van der Waals surface area contributed by atoms with E-state index in [0.29, 0.717) is 0 Å². The first-order valence-electron chi connectivity index (χ1n) is 3.85. The van der Waals surface area contributed by atoms with Crippen molar-refractivity contribution in [3.05, 3.63) is 34.4 Å². The second kappa shape index (κ2) is 3.04. The molecule has 0 N–H and O–H groups in total. The van der Waals surface area contributed by atoms with Gasteiger partial charge in [0.1, 0.15) is 0 Å². The van der Waals surface area contributed by atoms with Crippen molar-refractivity contribution in [2.24, 2.45) is 0 Å². The van der Waals surface area contributed by atoms with Gasteiger partial charge in [0.2, 0.25) is 0 Å². The molecule has 1 rings (SSSR count). The molecule has 0 fully saturated rings. The van der Waals surface area contributed by atoms with Crippen LogP contribution in [0, 0.1) is 20.8 Å². The van der Waals surface area contributed by atoms with Crippen molar-refractivity contribution in [1.29, 1.82) is 0 Å². The van der Waals surface area contributed by atoms with Crippen molar-refractivity contribution in [2.75, 3.05) is 0 Å². The van der Waals surface area contributed by atoms with Crippen LogP contribution < -0.4 is 0 Å². The van der Waals surface area contributed by atoms with Crippen molar-refractivity contribution >= 4 is 13.5 Å². The van der Waals surface area contributed by atoms with Crippen molar-refractivity contribution in [3.63, 3.8) is 0 Å². The Labute approximate surface area is 69.3 Å². The fourth-order valence-corrected chi connectivity index (χ4v) is 1.51. The van der Waals surface area contributed by atoms with E-state index in [1.807, 2.05) is 5.97 Å². The summed E-state index contributed by atoms with van der Waals surface area (Å²) in [5.41, 5.74) is 5.23. The van der Waals surface area contributed by atoms with Crippen LogP contribution in [0.2, 0.25) is 0 Å². The van der Waals surface area contributed by atoms with Gasteiger partial charge in [0.05, 0.1) is 0 Å². The Bertz CT molecular complexity index is 264. The van der Waals surface area contributed by atoms with E-state index < -0.39 is 0 Å². The summed E-state index contributed by atoms with van der Waals surface area (Å²) in [6.45, 7) is 6.36. The number of rotatable bonds is 1. The Kier molecular flexibility index (Phi) is 2.28. The first-order chi connectivity index (χ1) is 5.15. The quantitative estimate of drug-likeness (QED) is 0.526. The molecule has 1 aromatic rings. The van der Waals surface area contributed by atoms with Gasteiger partial charge >= 0.3 is 68.6 Å². The van der Waals surface area contributed by atoms with Crippen LogP contribution in [0.5, 0.6) is 0 Å². The molecule has 0 heterocycles. The van der Waals surface area contributed by atoms with Crippen LogP contribution in [0.4, 0.5) is 0 Å². The Morgan fingerprint density at radius 3 is 1.91 bits per heavy atom. The fraction of sp³-hybridized carbons (Fsp3) is 0.300. The first kappa shape index (κ1) is 8.25. The normalized spacial score (nSPS) is 9.64. The molecule has 0 aliphatic heterocycles. The summed E-state index contributed by atoms with van der Waals surface area (Å²) in [6, 6.07) is 4.37. The SMILES string of the molecule is B=Cc1c(C)cc(C)cc1C. The Morgan fingerprint density at radius 1 is 1.09 bits per heavy atom. The van der Waals surface area contributed by atoms with Gasteiger partial charge in [0.15, 0.2) is 0 Å². The van der Waals surface area contributed by atoms with Gasteiger partial charge in [-0.1, -0.05) is 0 Å². The number of aryl methyl sites for hydroxylation is 3. The van der Waals surface area contributed by atoms with Gasteiger partial charge in [-0.3, -0.25) is 0 Å². The molecule has 0 aliphatic rings. The van der Waals surface area contributed by atoms with Gasteiger partial charge in [-0.2, -0.15) is 0 Å². The van der Waals surface area contributed by atoms with E-state index >= 15 is 0 Å². The summed E-state index contributed by atoms with van der Waals surface area (Å²) in [5, 5.41) is 0. The summed E-state index contributed by atoms with van der Waals surface area (Å²) < 4.78 is 0. The molecule has 0 aliphatic carbocycles. The molecule has 56 valence electrons. The number of hydrogen-bond acceptors (Lipinski definition) is 0. The molecular weight excluding hydrogens is 131 g/mol. The molecule has 1 heteroatoms. The molecule has 0 spiro atoms. The van der Waals surface area contributed by atoms with E-state index in [4.69, 9.17) is 0 Å². The van der Waals surface area contributed by atoms with Crippen LogP contribution in [0.25, 0.3) is 0 Å². The van der Waals surface area contributed by atoms with Gasteiger partial charge in [-0.25, -0.2) is 0 Å². The summed E-state index contributed by atoms with van der Waals surface area (Å²) in [5.74, 6) is 1.92. The third-order valence-corrected chi connectivity index (χ3v) is 1.94. The molecule has 0 aromatic heterocycles. The molecule has 0 saturated heterocycles. The standard InChI is InChI=1S/C10H13B/c1-7-4-8(2)10(6-11)9(3)5-7/h4-6,11H,1-3H3. The third kappa shape index (κ3) is 1.59. The van der Waals surface area contributed by atoms with Crippen molar-refractivity contribution in [2.45, 2.75) is 20.8 Å². The predicted octanol–water partition coefficient (Wildman–Crippen LogP) is 1.66. The van der Waals surface area contributed by atoms with E-state index in [2.05, 4.69) is 40.4 Å². The topological polar surface area (TPSA) is 0 Å². The molecule has 0 radical (unpaired) electrons. The Balaban J connectivity index is 3.36. The molecule has 0 nitrogen and oxygen atoms in total. The summed E-state index contributed by atoms with van der Waals surface area (Å²) in [7, 11) is 3.78. The zero-order valence-corrected chi connectivity index (χ0v) is 7.44. The minimum atomic E-state index is 1.27. The van der Waals surface area contributed by atoms with Crippen molar-refractivity contribution < 1.29 is 0 Å². The summed E-state index contributed by atoms with van der Waals surface area (Å²) >= 11 is 0. The second-order valence-electron chi connectivity index (χ2n) is 3.02. The third-order valence-electron chi connectivity index (χ3n) is 1.94. The van der Waals surface area contributed by atoms with E-state index in [9.17, 15) is 0 Å². The van der Waals surface area contributed by atoms with Gasteiger partial charge in [-0.15, -0.1) is 0 Å². The average molecular weight is 144 g/mol. The molecule has 0 unspecified atom stereocenters. The molecule has 1 aromatic carbocycles. The zero-order valence-electron chi connectivity index (χ0n) is 7.44. The maximum atomic E-state index is 3.78. The molecule has 0 amide bonds. The minimum absolute atomic E-state index is 1.27. The Hall–Kier alpha value is -0.845.